The number of hydrogen-bond donors (Lipinski definition) is 0. The summed E-state index contributed by atoms with van der Waals surface area (Å²) in [7, 11) is -3.63. The molecular formula is C15H14O3S. The third kappa shape index (κ3) is 1.96. The molecule has 0 radical (unpaired) electrons. The Hall–Kier alpha value is -1.68. The highest BCUT2D eigenvalue weighted by Gasteiger charge is 2.41. The van der Waals surface area contributed by atoms with Crippen molar-refractivity contribution in [2.75, 3.05) is 0 Å². The minimum Gasteiger partial charge on any atom is -0.293 e. The van der Waals surface area contributed by atoms with Crippen molar-refractivity contribution in [1.29, 1.82) is 0 Å². The first-order valence-corrected chi connectivity index (χ1v) is 7.89. The average molecular weight is 274 g/mol. The molecule has 19 heavy (non-hydrogen) atoms. The SMILES string of the molecule is O=C1C=C2CCCC=C2C1S(=O)(=O)c1ccccc1. The van der Waals surface area contributed by atoms with Gasteiger partial charge in [0.15, 0.2) is 20.9 Å². The lowest BCUT2D eigenvalue weighted by Gasteiger charge is -2.18. The number of rotatable bonds is 2. The number of hydrogen-bond acceptors (Lipinski definition) is 3. The zero-order valence-corrected chi connectivity index (χ0v) is 11.2. The van der Waals surface area contributed by atoms with E-state index < -0.39 is 15.1 Å². The van der Waals surface area contributed by atoms with Crippen LogP contribution in [0.3, 0.4) is 0 Å². The second-order valence-electron chi connectivity index (χ2n) is 4.86. The van der Waals surface area contributed by atoms with E-state index in [1.165, 1.54) is 6.08 Å². The van der Waals surface area contributed by atoms with Crippen molar-refractivity contribution in [1.82, 2.24) is 0 Å². The summed E-state index contributed by atoms with van der Waals surface area (Å²) < 4.78 is 25.2. The monoisotopic (exact) mass is 274 g/mol. The van der Waals surface area contributed by atoms with Crippen molar-refractivity contribution in [2.24, 2.45) is 0 Å². The van der Waals surface area contributed by atoms with Crippen LogP contribution in [0.25, 0.3) is 0 Å². The van der Waals surface area contributed by atoms with Crippen molar-refractivity contribution in [3.8, 4) is 0 Å². The molecule has 0 saturated heterocycles. The Morgan fingerprint density at radius 3 is 2.58 bits per heavy atom. The quantitative estimate of drug-likeness (QED) is 0.832. The fraction of sp³-hybridized carbons (Fsp3) is 0.267. The van der Waals surface area contributed by atoms with Crippen LogP contribution in [0.1, 0.15) is 19.3 Å². The van der Waals surface area contributed by atoms with Crippen LogP contribution >= 0.6 is 0 Å². The van der Waals surface area contributed by atoms with Crippen molar-refractivity contribution in [3.63, 3.8) is 0 Å². The van der Waals surface area contributed by atoms with Gasteiger partial charge in [0.05, 0.1) is 4.90 Å². The summed E-state index contributed by atoms with van der Waals surface area (Å²) in [5, 5.41) is -1.02. The highest BCUT2D eigenvalue weighted by molar-refractivity contribution is 7.93. The maximum Gasteiger partial charge on any atom is 0.192 e. The predicted molar refractivity (Wildman–Crippen MR) is 72.4 cm³/mol. The van der Waals surface area contributed by atoms with E-state index in [1.54, 1.807) is 30.3 Å². The number of sulfone groups is 1. The van der Waals surface area contributed by atoms with Gasteiger partial charge < -0.3 is 0 Å². The number of carbonyl (C=O) groups is 1. The first-order valence-electron chi connectivity index (χ1n) is 6.34. The first-order chi connectivity index (χ1) is 9.10. The smallest absolute Gasteiger partial charge is 0.192 e. The van der Waals surface area contributed by atoms with E-state index in [0.717, 1.165) is 24.8 Å². The predicted octanol–water partition coefficient (Wildman–Crippen LogP) is 2.45. The number of carbonyl (C=O) groups excluding carboxylic acids is 1. The molecule has 0 bridgehead atoms. The van der Waals surface area contributed by atoms with Gasteiger partial charge in [-0.05, 0) is 48.6 Å². The summed E-state index contributed by atoms with van der Waals surface area (Å²) >= 11 is 0. The van der Waals surface area contributed by atoms with Gasteiger partial charge in [0.2, 0.25) is 0 Å². The molecule has 4 heteroatoms. The normalized spacial score (nSPS) is 22.7. The summed E-state index contributed by atoms with van der Waals surface area (Å²) in [4.78, 5) is 12.3. The van der Waals surface area contributed by atoms with E-state index in [0.29, 0.717) is 5.57 Å². The second-order valence-corrected chi connectivity index (χ2v) is 6.89. The van der Waals surface area contributed by atoms with Gasteiger partial charge in [-0.3, -0.25) is 4.79 Å². The van der Waals surface area contributed by atoms with Crippen LogP contribution in [0.5, 0.6) is 0 Å². The van der Waals surface area contributed by atoms with Gasteiger partial charge >= 0.3 is 0 Å². The summed E-state index contributed by atoms with van der Waals surface area (Å²) in [6.45, 7) is 0. The molecule has 98 valence electrons. The summed E-state index contributed by atoms with van der Waals surface area (Å²) in [5.74, 6) is -0.299. The van der Waals surface area contributed by atoms with Gasteiger partial charge in [-0.2, -0.15) is 0 Å². The van der Waals surface area contributed by atoms with Crippen molar-refractivity contribution < 1.29 is 13.2 Å². The Morgan fingerprint density at radius 1 is 1.11 bits per heavy atom. The van der Waals surface area contributed by atoms with Gasteiger partial charge in [-0.15, -0.1) is 0 Å². The zero-order valence-electron chi connectivity index (χ0n) is 10.4. The molecule has 2 aliphatic rings. The van der Waals surface area contributed by atoms with Crippen LogP contribution in [-0.4, -0.2) is 19.5 Å². The first kappa shape index (κ1) is 12.4. The van der Waals surface area contributed by atoms with Gasteiger partial charge in [0.25, 0.3) is 0 Å². The van der Waals surface area contributed by atoms with Crippen LogP contribution < -0.4 is 0 Å². The molecule has 1 aromatic rings. The molecule has 0 spiro atoms. The topological polar surface area (TPSA) is 51.2 Å². The standard InChI is InChI=1S/C15H14O3S/c16-14-10-11-6-4-5-9-13(11)15(14)19(17,18)12-7-2-1-3-8-12/h1-3,7-10,15H,4-6H2. The fourth-order valence-corrected chi connectivity index (χ4v) is 4.49. The molecule has 0 N–H and O–H groups in total. The minimum atomic E-state index is -3.63. The Bertz CT molecular complexity index is 681. The summed E-state index contributed by atoms with van der Waals surface area (Å²) in [6.07, 6.45) is 6.06. The van der Waals surface area contributed by atoms with Gasteiger partial charge in [-0.25, -0.2) is 8.42 Å². The highest BCUT2D eigenvalue weighted by Crippen LogP contribution is 2.37. The average Bonchev–Trinajstić information content (AvgIpc) is 2.76. The number of benzene rings is 1. The Morgan fingerprint density at radius 2 is 1.84 bits per heavy atom. The maximum absolute atomic E-state index is 12.6. The summed E-state index contributed by atoms with van der Waals surface area (Å²) in [5.41, 5.74) is 1.61. The lowest BCUT2D eigenvalue weighted by atomic mass is 9.96. The fourth-order valence-electron chi connectivity index (χ4n) is 2.72. The van der Waals surface area contributed by atoms with Crippen LogP contribution in [0.15, 0.2) is 58.5 Å². The van der Waals surface area contributed by atoms with E-state index in [2.05, 4.69) is 0 Å². The van der Waals surface area contributed by atoms with Crippen molar-refractivity contribution >= 4 is 15.6 Å². The second kappa shape index (κ2) is 4.46. The van der Waals surface area contributed by atoms with Crippen LogP contribution in [-0.2, 0) is 14.6 Å². The highest BCUT2D eigenvalue weighted by atomic mass is 32.2. The van der Waals surface area contributed by atoms with Gasteiger partial charge in [-0.1, -0.05) is 24.3 Å². The molecular weight excluding hydrogens is 260 g/mol. The molecule has 0 amide bonds. The summed E-state index contributed by atoms with van der Waals surface area (Å²) in [6, 6.07) is 8.21. The third-order valence-electron chi connectivity index (χ3n) is 3.62. The Balaban J connectivity index is 2.08. The van der Waals surface area contributed by atoms with E-state index >= 15 is 0 Å². The molecule has 3 rings (SSSR count). The number of fused-ring (bicyclic) bond motifs is 1. The molecule has 1 unspecified atom stereocenters. The molecule has 0 aliphatic heterocycles. The Labute approximate surface area is 112 Å². The molecule has 0 fully saturated rings. The number of ketones is 1. The Kier molecular flexibility index (Phi) is 2.90. The van der Waals surface area contributed by atoms with Gasteiger partial charge in [0, 0.05) is 0 Å². The lowest BCUT2D eigenvalue weighted by molar-refractivity contribution is -0.113. The molecule has 0 saturated carbocycles. The van der Waals surface area contributed by atoms with Crippen LogP contribution in [0, 0.1) is 0 Å². The van der Waals surface area contributed by atoms with Crippen molar-refractivity contribution in [3.05, 3.63) is 53.6 Å². The van der Waals surface area contributed by atoms with E-state index in [4.69, 9.17) is 0 Å². The molecule has 0 aromatic heterocycles. The van der Waals surface area contributed by atoms with Crippen LogP contribution in [0.2, 0.25) is 0 Å². The molecule has 3 nitrogen and oxygen atoms in total. The van der Waals surface area contributed by atoms with Gasteiger partial charge in [0.1, 0.15) is 0 Å². The largest absolute Gasteiger partial charge is 0.293 e. The molecule has 1 aromatic carbocycles. The van der Waals surface area contributed by atoms with Crippen LogP contribution in [0.4, 0.5) is 0 Å². The zero-order chi connectivity index (χ0) is 13.5. The van der Waals surface area contributed by atoms with E-state index in [-0.39, 0.29) is 10.7 Å². The number of allylic oxidation sites excluding steroid dienone is 3. The molecule has 1 atom stereocenters. The van der Waals surface area contributed by atoms with E-state index in [9.17, 15) is 13.2 Å². The minimum absolute atomic E-state index is 0.217. The third-order valence-corrected chi connectivity index (χ3v) is 5.66. The molecule has 0 heterocycles. The van der Waals surface area contributed by atoms with Crippen molar-refractivity contribution in [2.45, 2.75) is 29.4 Å². The molecule has 2 aliphatic carbocycles. The maximum atomic E-state index is 12.6. The van der Waals surface area contributed by atoms with E-state index in [1.807, 2.05) is 6.08 Å². The lowest BCUT2D eigenvalue weighted by Crippen LogP contribution is -2.28.